The Morgan fingerprint density at radius 2 is 2.17 bits per heavy atom. The van der Waals surface area contributed by atoms with Crippen LogP contribution in [-0.4, -0.2) is 29.9 Å². The lowest BCUT2D eigenvalue weighted by Crippen LogP contribution is -2.22. The molecule has 3 nitrogen and oxygen atoms in total. The van der Waals surface area contributed by atoms with E-state index in [0.29, 0.717) is 11.0 Å². The number of amides is 1. The molecule has 0 saturated carbocycles. The lowest BCUT2D eigenvalue weighted by molar-refractivity contribution is 0.202. The molecule has 1 unspecified atom stereocenters. The zero-order valence-corrected chi connectivity index (χ0v) is 12.6. The highest BCUT2D eigenvalue weighted by atomic mass is 32.2. The van der Waals surface area contributed by atoms with Gasteiger partial charge < -0.3 is 10.1 Å². The van der Waals surface area contributed by atoms with Crippen LogP contribution in [0.4, 0.5) is 4.79 Å². The molecular formula is C13H19NO2S2. The Bertz CT molecular complexity index is 385. The summed E-state index contributed by atoms with van der Waals surface area (Å²) in [4.78, 5) is 12.2. The molecule has 0 heterocycles. The van der Waals surface area contributed by atoms with Crippen molar-refractivity contribution in [1.29, 1.82) is 0 Å². The first-order chi connectivity index (χ1) is 8.67. The molecule has 1 atom stereocenters. The Balaban J connectivity index is 2.66. The van der Waals surface area contributed by atoms with Crippen molar-refractivity contribution in [3.05, 3.63) is 24.3 Å². The molecule has 0 fully saturated rings. The van der Waals surface area contributed by atoms with Gasteiger partial charge in [-0.2, -0.15) is 11.8 Å². The van der Waals surface area contributed by atoms with Crippen molar-refractivity contribution >= 4 is 29.6 Å². The van der Waals surface area contributed by atoms with E-state index in [0.717, 1.165) is 16.4 Å². The summed E-state index contributed by atoms with van der Waals surface area (Å²) < 4.78 is 5.22. The smallest absolute Gasteiger partial charge is 0.409 e. The zero-order valence-electron chi connectivity index (χ0n) is 10.9. The highest BCUT2D eigenvalue weighted by molar-refractivity contribution is 8.03. The maximum atomic E-state index is 11.2. The van der Waals surface area contributed by atoms with E-state index < -0.39 is 6.09 Å². The standard InChI is InChI=1S/C13H19NO2S2/c1-4-17-9-10(2)18-12-8-6-5-7-11(12)16-13(15)14-3/h5-8,10H,4,9H2,1-3H3,(H,14,15). The van der Waals surface area contributed by atoms with Gasteiger partial charge in [-0.3, -0.25) is 0 Å². The minimum absolute atomic E-state index is 0.432. The Labute approximate surface area is 117 Å². The monoisotopic (exact) mass is 285 g/mol. The molecule has 0 aliphatic carbocycles. The van der Waals surface area contributed by atoms with Crippen molar-refractivity contribution < 1.29 is 9.53 Å². The minimum atomic E-state index is -0.432. The normalized spacial score (nSPS) is 11.9. The lowest BCUT2D eigenvalue weighted by atomic mass is 10.3. The summed E-state index contributed by atoms with van der Waals surface area (Å²) in [5, 5.41) is 2.94. The minimum Gasteiger partial charge on any atom is -0.409 e. The van der Waals surface area contributed by atoms with Crippen molar-refractivity contribution in [3.8, 4) is 5.75 Å². The third-order valence-electron chi connectivity index (χ3n) is 2.14. The van der Waals surface area contributed by atoms with Gasteiger partial charge in [-0.15, -0.1) is 11.8 Å². The molecule has 0 saturated heterocycles. The van der Waals surface area contributed by atoms with E-state index in [1.54, 1.807) is 18.8 Å². The summed E-state index contributed by atoms with van der Waals surface area (Å²) in [5.41, 5.74) is 0. The fraction of sp³-hybridized carbons (Fsp3) is 0.462. The van der Waals surface area contributed by atoms with Crippen molar-refractivity contribution in [1.82, 2.24) is 5.32 Å². The molecule has 1 N–H and O–H groups in total. The van der Waals surface area contributed by atoms with Gasteiger partial charge in [0, 0.05) is 18.1 Å². The third kappa shape index (κ3) is 5.23. The van der Waals surface area contributed by atoms with E-state index in [9.17, 15) is 4.79 Å². The van der Waals surface area contributed by atoms with Crippen LogP contribution in [0.25, 0.3) is 0 Å². The molecule has 0 bridgehead atoms. The average molecular weight is 285 g/mol. The number of carbonyl (C=O) groups is 1. The first kappa shape index (κ1) is 15.2. The number of thioether (sulfide) groups is 2. The Morgan fingerprint density at radius 3 is 2.83 bits per heavy atom. The van der Waals surface area contributed by atoms with Crippen LogP contribution in [0, 0.1) is 0 Å². The van der Waals surface area contributed by atoms with Crippen LogP contribution in [-0.2, 0) is 0 Å². The second-order valence-corrected chi connectivity index (χ2v) is 6.47. The van der Waals surface area contributed by atoms with Crippen LogP contribution in [0.3, 0.4) is 0 Å². The maximum absolute atomic E-state index is 11.2. The molecule has 1 aromatic carbocycles. The first-order valence-corrected chi connectivity index (χ1v) is 7.93. The molecule has 5 heteroatoms. The van der Waals surface area contributed by atoms with Crippen molar-refractivity contribution in [3.63, 3.8) is 0 Å². The number of ether oxygens (including phenoxy) is 1. The zero-order chi connectivity index (χ0) is 13.4. The number of hydrogen-bond donors (Lipinski definition) is 1. The topological polar surface area (TPSA) is 38.3 Å². The molecule has 0 aliphatic rings. The second kappa shape index (κ2) is 8.32. The van der Waals surface area contributed by atoms with Gasteiger partial charge in [0.05, 0.1) is 4.90 Å². The summed E-state index contributed by atoms with van der Waals surface area (Å²) in [5.74, 6) is 2.84. The van der Waals surface area contributed by atoms with E-state index >= 15 is 0 Å². The number of benzene rings is 1. The van der Waals surface area contributed by atoms with Gasteiger partial charge in [0.2, 0.25) is 0 Å². The van der Waals surface area contributed by atoms with Crippen molar-refractivity contribution in [2.45, 2.75) is 24.0 Å². The Hall–Kier alpha value is -0.810. The molecule has 1 amide bonds. The molecule has 0 spiro atoms. The van der Waals surface area contributed by atoms with Gasteiger partial charge in [-0.1, -0.05) is 26.0 Å². The largest absolute Gasteiger partial charge is 0.412 e. The van der Waals surface area contributed by atoms with Gasteiger partial charge in [0.1, 0.15) is 5.75 Å². The average Bonchev–Trinajstić information content (AvgIpc) is 2.38. The Morgan fingerprint density at radius 1 is 1.44 bits per heavy atom. The number of carbonyl (C=O) groups excluding carboxylic acids is 1. The van der Waals surface area contributed by atoms with Gasteiger partial charge in [0.15, 0.2) is 0 Å². The molecular weight excluding hydrogens is 266 g/mol. The quantitative estimate of drug-likeness (QED) is 0.810. The SMILES string of the molecule is CCSCC(C)Sc1ccccc1OC(=O)NC. The van der Waals surface area contributed by atoms with Crippen LogP contribution in [0.5, 0.6) is 5.75 Å². The van der Waals surface area contributed by atoms with E-state index in [2.05, 4.69) is 19.2 Å². The van der Waals surface area contributed by atoms with E-state index in [1.165, 1.54) is 0 Å². The van der Waals surface area contributed by atoms with Crippen LogP contribution in [0.1, 0.15) is 13.8 Å². The molecule has 1 rings (SSSR count). The van der Waals surface area contributed by atoms with Crippen LogP contribution in [0.15, 0.2) is 29.2 Å². The highest BCUT2D eigenvalue weighted by Gasteiger charge is 2.11. The van der Waals surface area contributed by atoms with Gasteiger partial charge >= 0.3 is 6.09 Å². The van der Waals surface area contributed by atoms with Gasteiger partial charge in [0.25, 0.3) is 0 Å². The van der Waals surface area contributed by atoms with Crippen LogP contribution < -0.4 is 10.1 Å². The first-order valence-electron chi connectivity index (χ1n) is 5.90. The number of para-hydroxylation sites is 1. The molecule has 0 radical (unpaired) electrons. The predicted molar refractivity (Wildman–Crippen MR) is 79.8 cm³/mol. The molecule has 1 aromatic rings. The molecule has 18 heavy (non-hydrogen) atoms. The number of rotatable bonds is 6. The number of hydrogen-bond acceptors (Lipinski definition) is 4. The highest BCUT2D eigenvalue weighted by Crippen LogP contribution is 2.33. The second-order valence-electron chi connectivity index (χ2n) is 3.67. The molecule has 100 valence electrons. The predicted octanol–water partition coefficient (Wildman–Crippen LogP) is 3.64. The van der Waals surface area contributed by atoms with Crippen LogP contribution >= 0.6 is 23.5 Å². The summed E-state index contributed by atoms with van der Waals surface area (Å²) >= 11 is 3.66. The fourth-order valence-corrected chi connectivity index (χ4v) is 3.26. The lowest BCUT2D eigenvalue weighted by Gasteiger charge is -2.13. The molecule has 0 aromatic heterocycles. The third-order valence-corrected chi connectivity index (χ3v) is 4.66. The summed E-state index contributed by atoms with van der Waals surface area (Å²) in [6.45, 7) is 4.34. The number of nitrogens with one attached hydrogen (secondary N) is 1. The fourth-order valence-electron chi connectivity index (χ4n) is 1.32. The van der Waals surface area contributed by atoms with Gasteiger partial charge in [-0.25, -0.2) is 4.79 Å². The summed E-state index contributed by atoms with van der Waals surface area (Å²) in [6, 6.07) is 7.62. The van der Waals surface area contributed by atoms with E-state index in [1.807, 2.05) is 36.0 Å². The van der Waals surface area contributed by atoms with Gasteiger partial charge in [-0.05, 0) is 17.9 Å². The Kier molecular flexibility index (Phi) is 7.05. The van der Waals surface area contributed by atoms with E-state index in [4.69, 9.17) is 4.74 Å². The van der Waals surface area contributed by atoms with E-state index in [-0.39, 0.29) is 0 Å². The summed E-state index contributed by atoms with van der Waals surface area (Å²) in [7, 11) is 1.55. The van der Waals surface area contributed by atoms with Crippen molar-refractivity contribution in [2.24, 2.45) is 0 Å². The maximum Gasteiger partial charge on any atom is 0.412 e. The van der Waals surface area contributed by atoms with Crippen molar-refractivity contribution in [2.75, 3.05) is 18.6 Å². The molecule has 0 aliphatic heterocycles. The van der Waals surface area contributed by atoms with Crippen LogP contribution in [0.2, 0.25) is 0 Å². The summed E-state index contributed by atoms with van der Waals surface area (Å²) in [6.07, 6.45) is -0.432.